The third-order valence-corrected chi connectivity index (χ3v) is 2.64. The molecule has 0 unspecified atom stereocenters. The number of carbonyl (C=O) groups is 2. The molecule has 2 atom stereocenters. The van der Waals surface area contributed by atoms with Crippen LogP contribution in [-0.4, -0.2) is 41.9 Å². The van der Waals surface area contributed by atoms with E-state index in [9.17, 15) is 9.59 Å². The summed E-state index contributed by atoms with van der Waals surface area (Å²) < 4.78 is 0. The van der Waals surface area contributed by atoms with E-state index in [1.807, 2.05) is 0 Å². The van der Waals surface area contributed by atoms with Gasteiger partial charge in [-0.3, -0.25) is 20.3 Å². The third kappa shape index (κ3) is 0.804. The minimum absolute atomic E-state index is 0.0852. The SMILES string of the molecule is CN1C(=O)[C@@H]2CN(N)C[C@H]2C1=O. The lowest BCUT2D eigenvalue weighted by molar-refractivity contribution is -0.138. The van der Waals surface area contributed by atoms with Crippen LogP contribution in [0.4, 0.5) is 0 Å². The van der Waals surface area contributed by atoms with Gasteiger partial charge in [0.25, 0.3) is 0 Å². The highest BCUT2D eigenvalue weighted by molar-refractivity contribution is 6.05. The van der Waals surface area contributed by atoms with Gasteiger partial charge in [-0.2, -0.15) is 0 Å². The Kier molecular flexibility index (Phi) is 1.46. The molecule has 0 aromatic rings. The van der Waals surface area contributed by atoms with E-state index in [0.29, 0.717) is 13.1 Å². The molecular weight excluding hydrogens is 158 g/mol. The van der Waals surface area contributed by atoms with Crippen molar-refractivity contribution in [2.75, 3.05) is 20.1 Å². The Bertz CT molecular complexity index is 229. The first kappa shape index (κ1) is 7.70. The number of hydrazine groups is 1. The molecule has 0 aliphatic carbocycles. The summed E-state index contributed by atoms with van der Waals surface area (Å²) in [6.07, 6.45) is 0. The molecule has 2 aliphatic rings. The molecule has 2 aliphatic heterocycles. The maximum atomic E-state index is 11.4. The highest BCUT2D eigenvalue weighted by Gasteiger charge is 2.50. The van der Waals surface area contributed by atoms with E-state index in [1.165, 1.54) is 17.0 Å². The number of fused-ring (bicyclic) bond motifs is 1. The fraction of sp³-hybridized carbons (Fsp3) is 0.714. The lowest BCUT2D eigenvalue weighted by atomic mass is 10.00. The zero-order valence-electron chi connectivity index (χ0n) is 6.86. The zero-order chi connectivity index (χ0) is 8.88. The normalized spacial score (nSPS) is 36.3. The molecular formula is C7H11N3O2. The molecule has 0 aromatic carbocycles. The van der Waals surface area contributed by atoms with Gasteiger partial charge >= 0.3 is 0 Å². The lowest BCUT2D eigenvalue weighted by Gasteiger charge is -2.12. The lowest BCUT2D eigenvalue weighted by Crippen LogP contribution is -2.36. The van der Waals surface area contributed by atoms with Crippen molar-refractivity contribution in [1.82, 2.24) is 9.91 Å². The molecule has 5 nitrogen and oxygen atoms in total. The Hall–Kier alpha value is -0.940. The Morgan fingerprint density at radius 2 is 1.67 bits per heavy atom. The van der Waals surface area contributed by atoms with E-state index >= 15 is 0 Å². The minimum Gasteiger partial charge on any atom is -0.285 e. The number of nitrogens with zero attached hydrogens (tertiary/aromatic N) is 2. The van der Waals surface area contributed by atoms with E-state index in [1.54, 1.807) is 0 Å². The van der Waals surface area contributed by atoms with Crippen LogP contribution in [-0.2, 0) is 9.59 Å². The van der Waals surface area contributed by atoms with E-state index < -0.39 is 0 Å². The summed E-state index contributed by atoms with van der Waals surface area (Å²) in [6, 6.07) is 0. The van der Waals surface area contributed by atoms with Gasteiger partial charge in [-0.05, 0) is 0 Å². The predicted molar refractivity (Wildman–Crippen MR) is 40.5 cm³/mol. The summed E-state index contributed by atoms with van der Waals surface area (Å²) >= 11 is 0. The van der Waals surface area contributed by atoms with Gasteiger partial charge in [0.1, 0.15) is 0 Å². The zero-order valence-corrected chi connectivity index (χ0v) is 6.86. The predicted octanol–water partition coefficient (Wildman–Crippen LogP) is -1.59. The van der Waals surface area contributed by atoms with Crippen molar-refractivity contribution in [2.45, 2.75) is 0 Å². The number of hydrogen-bond acceptors (Lipinski definition) is 4. The number of amides is 2. The Balaban J connectivity index is 2.27. The first-order valence-corrected chi connectivity index (χ1v) is 3.92. The third-order valence-electron chi connectivity index (χ3n) is 2.64. The molecule has 0 bridgehead atoms. The van der Waals surface area contributed by atoms with Crippen LogP contribution in [0.2, 0.25) is 0 Å². The first-order valence-electron chi connectivity index (χ1n) is 3.92. The van der Waals surface area contributed by atoms with Crippen molar-refractivity contribution >= 4 is 11.8 Å². The number of likely N-dealkylation sites (tertiary alicyclic amines) is 1. The fourth-order valence-corrected chi connectivity index (χ4v) is 1.94. The summed E-state index contributed by atoms with van der Waals surface area (Å²) in [7, 11) is 1.53. The van der Waals surface area contributed by atoms with Crippen LogP contribution in [0, 0.1) is 11.8 Å². The van der Waals surface area contributed by atoms with Gasteiger partial charge < -0.3 is 0 Å². The van der Waals surface area contributed by atoms with Crippen LogP contribution in [0.15, 0.2) is 0 Å². The maximum absolute atomic E-state index is 11.4. The van der Waals surface area contributed by atoms with Gasteiger partial charge in [0.05, 0.1) is 11.8 Å². The van der Waals surface area contributed by atoms with E-state index in [-0.39, 0.29) is 23.7 Å². The number of rotatable bonds is 0. The summed E-state index contributed by atoms with van der Waals surface area (Å²) in [5.74, 6) is 4.96. The molecule has 2 rings (SSSR count). The highest BCUT2D eigenvalue weighted by atomic mass is 16.2. The number of nitrogens with two attached hydrogens (primary N) is 1. The molecule has 5 heteroatoms. The molecule has 2 saturated heterocycles. The summed E-state index contributed by atoms with van der Waals surface area (Å²) in [5.41, 5.74) is 0. The second-order valence-corrected chi connectivity index (χ2v) is 3.40. The second kappa shape index (κ2) is 2.27. The Morgan fingerprint density at radius 3 is 2.08 bits per heavy atom. The number of carbonyl (C=O) groups excluding carboxylic acids is 2. The summed E-state index contributed by atoms with van der Waals surface area (Å²) in [4.78, 5) is 23.9. The van der Waals surface area contributed by atoms with Crippen molar-refractivity contribution < 1.29 is 9.59 Å². The molecule has 0 radical (unpaired) electrons. The molecule has 0 spiro atoms. The van der Waals surface area contributed by atoms with Crippen molar-refractivity contribution in [3.8, 4) is 0 Å². The van der Waals surface area contributed by atoms with E-state index in [4.69, 9.17) is 5.84 Å². The maximum Gasteiger partial charge on any atom is 0.234 e. The fourth-order valence-electron chi connectivity index (χ4n) is 1.94. The van der Waals surface area contributed by atoms with Crippen molar-refractivity contribution in [3.05, 3.63) is 0 Å². The smallest absolute Gasteiger partial charge is 0.234 e. The van der Waals surface area contributed by atoms with Gasteiger partial charge in [-0.15, -0.1) is 0 Å². The van der Waals surface area contributed by atoms with E-state index in [2.05, 4.69) is 0 Å². The van der Waals surface area contributed by atoms with Crippen LogP contribution in [0.3, 0.4) is 0 Å². The topological polar surface area (TPSA) is 66.6 Å². The monoisotopic (exact) mass is 169 g/mol. The van der Waals surface area contributed by atoms with Crippen molar-refractivity contribution in [3.63, 3.8) is 0 Å². The van der Waals surface area contributed by atoms with Gasteiger partial charge in [0.15, 0.2) is 0 Å². The van der Waals surface area contributed by atoms with Crippen LogP contribution in [0.5, 0.6) is 0 Å². The van der Waals surface area contributed by atoms with Gasteiger partial charge in [0, 0.05) is 20.1 Å². The molecule has 12 heavy (non-hydrogen) atoms. The van der Waals surface area contributed by atoms with Crippen LogP contribution in [0.25, 0.3) is 0 Å². The Labute approximate surface area is 70.1 Å². The van der Waals surface area contributed by atoms with Crippen LogP contribution >= 0.6 is 0 Å². The van der Waals surface area contributed by atoms with Crippen molar-refractivity contribution in [2.24, 2.45) is 17.7 Å². The van der Waals surface area contributed by atoms with Crippen LogP contribution < -0.4 is 5.84 Å². The molecule has 66 valence electrons. The van der Waals surface area contributed by atoms with Crippen molar-refractivity contribution in [1.29, 1.82) is 0 Å². The highest BCUT2D eigenvalue weighted by Crippen LogP contribution is 2.30. The largest absolute Gasteiger partial charge is 0.285 e. The Morgan fingerprint density at radius 1 is 1.25 bits per heavy atom. The molecule has 2 heterocycles. The van der Waals surface area contributed by atoms with Crippen LogP contribution in [0.1, 0.15) is 0 Å². The quantitative estimate of drug-likeness (QED) is 0.350. The second-order valence-electron chi connectivity index (χ2n) is 3.40. The van der Waals surface area contributed by atoms with Gasteiger partial charge in [0.2, 0.25) is 11.8 Å². The molecule has 0 aromatic heterocycles. The molecule has 2 fully saturated rings. The minimum atomic E-state index is -0.188. The number of hydrogen-bond donors (Lipinski definition) is 1. The van der Waals surface area contributed by atoms with Gasteiger partial charge in [-0.1, -0.05) is 0 Å². The van der Waals surface area contributed by atoms with E-state index in [0.717, 1.165) is 0 Å². The molecule has 0 saturated carbocycles. The first-order chi connectivity index (χ1) is 5.61. The number of imide groups is 1. The molecule has 2 N–H and O–H groups in total. The summed E-state index contributed by atoms with van der Waals surface area (Å²) in [5, 5.41) is 1.54. The molecule has 2 amide bonds. The average molecular weight is 169 g/mol. The standard InChI is InChI=1S/C7H11N3O2/c1-9-6(11)4-2-10(8)3-5(4)7(9)12/h4-5H,2-3,8H2,1H3/t4-,5-/m1/s1. The summed E-state index contributed by atoms with van der Waals surface area (Å²) in [6.45, 7) is 1.03. The average Bonchev–Trinajstić information content (AvgIpc) is 2.49. The van der Waals surface area contributed by atoms with Gasteiger partial charge in [-0.25, -0.2) is 5.01 Å².